The number of ether oxygens (including phenoxy) is 1. The Kier molecular flexibility index (Phi) is 5.47. The Labute approximate surface area is 132 Å². The van der Waals surface area contributed by atoms with Crippen molar-refractivity contribution in [3.63, 3.8) is 0 Å². The van der Waals surface area contributed by atoms with Crippen LogP contribution in [0.1, 0.15) is 12.0 Å². The quantitative estimate of drug-likeness (QED) is 0.886. The molecule has 1 aromatic heterocycles. The highest BCUT2D eigenvalue weighted by Crippen LogP contribution is 2.26. The van der Waals surface area contributed by atoms with Gasteiger partial charge in [0.2, 0.25) is 5.91 Å². The molecule has 1 aromatic carbocycles. The van der Waals surface area contributed by atoms with Gasteiger partial charge in [-0.2, -0.15) is 5.10 Å². The van der Waals surface area contributed by atoms with Gasteiger partial charge in [0.05, 0.1) is 29.3 Å². The maximum Gasteiger partial charge on any atom is 0.226 e. The standard InChI is InChI=1S/C14H15Cl2N3O2/c1-19(9-10-7-17-18-8-10)14(20)4-5-21-11-2-3-12(15)13(16)6-11/h2-3,6-8H,4-5,9H2,1H3,(H,17,18). The van der Waals surface area contributed by atoms with Crippen LogP contribution in [0.4, 0.5) is 0 Å². The summed E-state index contributed by atoms with van der Waals surface area (Å²) in [6.45, 7) is 0.800. The topological polar surface area (TPSA) is 58.2 Å². The third kappa shape index (κ3) is 4.65. The molecule has 1 heterocycles. The monoisotopic (exact) mass is 327 g/mol. The molecule has 0 aliphatic carbocycles. The normalized spacial score (nSPS) is 10.4. The fourth-order valence-electron chi connectivity index (χ4n) is 1.74. The molecule has 1 N–H and O–H groups in total. The number of carbonyl (C=O) groups excluding carboxylic acids is 1. The van der Waals surface area contributed by atoms with E-state index in [0.29, 0.717) is 22.3 Å². The van der Waals surface area contributed by atoms with Crippen LogP contribution in [0.2, 0.25) is 10.0 Å². The molecule has 7 heteroatoms. The van der Waals surface area contributed by atoms with E-state index in [0.717, 1.165) is 5.56 Å². The summed E-state index contributed by atoms with van der Waals surface area (Å²) in [6.07, 6.45) is 3.74. The zero-order chi connectivity index (χ0) is 15.2. The first kappa shape index (κ1) is 15.7. The van der Waals surface area contributed by atoms with Crippen molar-refractivity contribution in [3.8, 4) is 5.75 Å². The minimum atomic E-state index is -0.00346. The van der Waals surface area contributed by atoms with Gasteiger partial charge in [-0.05, 0) is 12.1 Å². The predicted molar refractivity (Wildman–Crippen MR) is 81.6 cm³/mol. The van der Waals surface area contributed by atoms with Gasteiger partial charge in [0, 0.05) is 31.4 Å². The number of amides is 1. The maximum absolute atomic E-state index is 11.9. The van der Waals surface area contributed by atoms with Crippen molar-refractivity contribution in [2.75, 3.05) is 13.7 Å². The highest BCUT2D eigenvalue weighted by atomic mass is 35.5. The Bertz CT molecular complexity index is 602. The second kappa shape index (κ2) is 7.33. The summed E-state index contributed by atoms with van der Waals surface area (Å²) in [5, 5.41) is 7.45. The number of nitrogens with one attached hydrogen (secondary N) is 1. The van der Waals surface area contributed by atoms with Crippen LogP contribution < -0.4 is 4.74 Å². The number of rotatable bonds is 6. The minimum Gasteiger partial charge on any atom is -0.493 e. The lowest BCUT2D eigenvalue weighted by atomic mass is 10.3. The first-order valence-electron chi connectivity index (χ1n) is 6.35. The molecule has 112 valence electrons. The number of halogens is 2. The number of benzene rings is 1. The van der Waals surface area contributed by atoms with Crippen LogP contribution >= 0.6 is 23.2 Å². The molecule has 2 rings (SSSR count). The van der Waals surface area contributed by atoms with Crippen molar-refractivity contribution in [3.05, 3.63) is 46.2 Å². The average molecular weight is 328 g/mol. The largest absolute Gasteiger partial charge is 0.493 e. The van der Waals surface area contributed by atoms with E-state index in [2.05, 4.69) is 10.2 Å². The van der Waals surface area contributed by atoms with Gasteiger partial charge in [0.15, 0.2) is 0 Å². The van der Waals surface area contributed by atoms with Crippen molar-refractivity contribution in [2.45, 2.75) is 13.0 Å². The van der Waals surface area contributed by atoms with Crippen LogP contribution in [0.25, 0.3) is 0 Å². The molecule has 5 nitrogen and oxygen atoms in total. The average Bonchev–Trinajstić information content (AvgIpc) is 2.95. The smallest absolute Gasteiger partial charge is 0.226 e. The van der Waals surface area contributed by atoms with Gasteiger partial charge in [-0.25, -0.2) is 0 Å². The number of aromatic nitrogens is 2. The highest BCUT2D eigenvalue weighted by Gasteiger charge is 2.10. The van der Waals surface area contributed by atoms with Gasteiger partial charge in [-0.1, -0.05) is 23.2 Å². The SMILES string of the molecule is CN(Cc1cn[nH]c1)C(=O)CCOc1ccc(Cl)c(Cl)c1. The van der Waals surface area contributed by atoms with E-state index in [-0.39, 0.29) is 18.9 Å². The number of aromatic amines is 1. The molecule has 0 aliphatic rings. The summed E-state index contributed by atoms with van der Waals surface area (Å²) in [7, 11) is 1.74. The summed E-state index contributed by atoms with van der Waals surface area (Å²) in [5.41, 5.74) is 0.955. The Morgan fingerprint density at radius 3 is 2.86 bits per heavy atom. The Morgan fingerprint density at radius 2 is 2.19 bits per heavy atom. The molecule has 0 atom stereocenters. The van der Waals surface area contributed by atoms with Gasteiger partial charge in [-0.15, -0.1) is 0 Å². The van der Waals surface area contributed by atoms with Crippen LogP contribution in [0.5, 0.6) is 5.75 Å². The second-order valence-electron chi connectivity index (χ2n) is 4.53. The number of hydrogen-bond acceptors (Lipinski definition) is 3. The van der Waals surface area contributed by atoms with Gasteiger partial charge in [0.1, 0.15) is 5.75 Å². The molecule has 0 unspecified atom stereocenters. The Balaban J connectivity index is 1.77. The minimum absolute atomic E-state index is 0.00346. The third-order valence-corrected chi connectivity index (χ3v) is 3.62. The Morgan fingerprint density at radius 1 is 1.38 bits per heavy atom. The lowest BCUT2D eigenvalue weighted by Crippen LogP contribution is -2.27. The van der Waals surface area contributed by atoms with E-state index in [4.69, 9.17) is 27.9 Å². The molecular formula is C14H15Cl2N3O2. The van der Waals surface area contributed by atoms with Gasteiger partial charge >= 0.3 is 0 Å². The maximum atomic E-state index is 11.9. The highest BCUT2D eigenvalue weighted by molar-refractivity contribution is 6.42. The first-order chi connectivity index (χ1) is 10.1. The molecule has 0 radical (unpaired) electrons. The van der Waals surface area contributed by atoms with Crippen LogP contribution in [0.15, 0.2) is 30.6 Å². The predicted octanol–water partition coefficient (Wildman–Crippen LogP) is 3.14. The van der Waals surface area contributed by atoms with Crippen LogP contribution in [-0.4, -0.2) is 34.7 Å². The molecular weight excluding hydrogens is 313 g/mol. The number of nitrogens with zero attached hydrogens (tertiary/aromatic N) is 2. The molecule has 1 amide bonds. The van der Waals surface area contributed by atoms with Crippen molar-refractivity contribution >= 4 is 29.1 Å². The Hall–Kier alpha value is -1.72. The molecule has 0 fully saturated rings. The van der Waals surface area contributed by atoms with Gasteiger partial charge in [0.25, 0.3) is 0 Å². The third-order valence-electron chi connectivity index (χ3n) is 2.88. The summed E-state index contributed by atoms with van der Waals surface area (Å²) in [4.78, 5) is 13.6. The summed E-state index contributed by atoms with van der Waals surface area (Å²) in [6, 6.07) is 5.00. The summed E-state index contributed by atoms with van der Waals surface area (Å²) >= 11 is 11.7. The van der Waals surface area contributed by atoms with Crippen molar-refractivity contribution in [1.82, 2.24) is 15.1 Å². The van der Waals surface area contributed by atoms with E-state index in [1.165, 1.54) is 0 Å². The molecule has 0 spiro atoms. The molecule has 0 aliphatic heterocycles. The first-order valence-corrected chi connectivity index (χ1v) is 7.11. The fourth-order valence-corrected chi connectivity index (χ4v) is 2.03. The number of H-pyrrole nitrogens is 1. The van der Waals surface area contributed by atoms with E-state index < -0.39 is 0 Å². The lowest BCUT2D eigenvalue weighted by Gasteiger charge is -2.16. The summed E-state index contributed by atoms with van der Waals surface area (Å²) < 4.78 is 5.49. The van der Waals surface area contributed by atoms with E-state index >= 15 is 0 Å². The van der Waals surface area contributed by atoms with E-state index in [1.54, 1.807) is 42.5 Å². The van der Waals surface area contributed by atoms with Crippen molar-refractivity contribution in [2.24, 2.45) is 0 Å². The number of hydrogen-bond donors (Lipinski definition) is 1. The number of carbonyl (C=O) groups is 1. The molecule has 0 bridgehead atoms. The zero-order valence-electron chi connectivity index (χ0n) is 11.5. The molecule has 0 saturated carbocycles. The van der Waals surface area contributed by atoms with Crippen molar-refractivity contribution < 1.29 is 9.53 Å². The fraction of sp³-hybridized carbons (Fsp3) is 0.286. The molecule has 2 aromatic rings. The van der Waals surface area contributed by atoms with Gasteiger partial charge in [-0.3, -0.25) is 9.89 Å². The lowest BCUT2D eigenvalue weighted by molar-refractivity contribution is -0.130. The van der Waals surface area contributed by atoms with E-state index in [9.17, 15) is 4.79 Å². The van der Waals surface area contributed by atoms with Crippen LogP contribution in [0.3, 0.4) is 0 Å². The van der Waals surface area contributed by atoms with E-state index in [1.807, 2.05) is 0 Å². The zero-order valence-corrected chi connectivity index (χ0v) is 13.0. The second-order valence-corrected chi connectivity index (χ2v) is 5.35. The summed E-state index contributed by atoms with van der Waals surface area (Å²) in [5.74, 6) is 0.589. The van der Waals surface area contributed by atoms with Gasteiger partial charge < -0.3 is 9.64 Å². The van der Waals surface area contributed by atoms with Crippen molar-refractivity contribution in [1.29, 1.82) is 0 Å². The molecule has 0 saturated heterocycles. The molecule has 21 heavy (non-hydrogen) atoms. The van der Waals surface area contributed by atoms with Crippen LogP contribution in [0, 0.1) is 0 Å². The van der Waals surface area contributed by atoms with Crippen LogP contribution in [-0.2, 0) is 11.3 Å².